The molecular formula is C27H24N2O2. The second kappa shape index (κ2) is 8.84. The summed E-state index contributed by atoms with van der Waals surface area (Å²) in [6, 6.07) is 16.8. The molecular weight excluding hydrogens is 384 g/mol. The first-order valence-corrected chi connectivity index (χ1v) is 10.2. The maximum Gasteiger partial charge on any atom is 0.127 e. The third kappa shape index (κ3) is 4.64. The molecule has 0 amide bonds. The number of aromatic nitrogens is 1. The summed E-state index contributed by atoms with van der Waals surface area (Å²) >= 11 is 0. The summed E-state index contributed by atoms with van der Waals surface area (Å²) in [4.78, 5) is 9.11. The van der Waals surface area contributed by atoms with E-state index in [1.165, 1.54) is 11.6 Å². The number of rotatable bonds is 6. The van der Waals surface area contributed by atoms with Crippen LogP contribution >= 0.6 is 0 Å². The van der Waals surface area contributed by atoms with Crippen LogP contribution in [0.15, 0.2) is 103 Å². The molecule has 31 heavy (non-hydrogen) atoms. The van der Waals surface area contributed by atoms with Crippen molar-refractivity contribution in [3.8, 4) is 22.6 Å². The fraction of sp³-hybridized carbons (Fsp3) is 0.111. The monoisotopic (exact) mass is 408 g/mol. The number of hydrogen-bond donors (Lipinski definition) is 2. The molecule has 0 saturated heterocycles. The second-order valence-corrected chi connectivity index (χ2v) is 7.62. The zero-order chi connectivity index (χ0) is 21.8. The number of benzene rings is 2. The summed E-state index contributed by atoms with van der Waals surface area (Å²) < 4.78 is 0. The maximum atomic E-state index is 10.1. The number of phenolic OH excluding ortho intramolecular Hbond substituents is 2. The summed E-state index contributed by atoms with van der Waals surface area (Å²) in [5.74, 6) is 0.0945. The summed E-state index contributed by atoms with van der Waals surface area (Å²) in [7, 11) is 0. The van der Waals surface area contributed by atoms with Gasteiger partial charge in [-0.2, -0.15) is 0 Å². The smallest absolute Gasteiger partial charge is 0.127 e. The Morgan fingerprint density at radius 1 is 1.06 bits per heavy atom. The van der Waals surface area contributed by atoms with Gasteiger partial charge in [-0.1, -0.05) is 49.6 Å². The lowest BCUT2D eigenvalue weighted by Gasteiger charge is -2.22. The van der Waals surface area contributed by atoms with Crippen molar-refractivity contribution in [2.45, 2.75) is 18.9 Å². The number of allylic oxidation sites excluding steroid dienone is 3. The molecule has 0 spiro atoms. The van der Waals surface area contributed by atoms with Crippen LogP contribution in [-0.4, -0.2) is 27.0 Å². The van der Waals surface area contributed by atoms with E-state index in [0.29, 0.717) is 5.56 Å². The number of aliphatic imine (C=N–C) groups is 1. The predicted octanol–water partition coefficient (Wildman–Crippen LogP) is 5.74. The highest BCUT2D eigenvalue weighted by atomic mass is 16.3. The molecule has 3 aromatic rings. The largest absolute Gasteiger partial charge is 0.508 e. The molecule has 1 unspecified atom stereocenters. The Labute approximate surface area is 182 Å². The molecule has 154 valence electrons. The number of nitrogens with zero attached hydrogens (tertiary/aromatic N) is 2. The average molecular weight is 409 g/mol. The van der Waals surface area contributed by atoms with Gasteiger partial charge in [-0.15, -0.1) is 0 Å². The van der Waals surface area contributed by atoms with Crippen molar-refractivity contribution in [2.75, 3.05) is 0 Å². The van der Waals surface area contributed by atoms with Crippen LogP contribution in [0.2, 0.25) is 0 Å². The fourth-order valence-corrected chi connectivity index (χ4v) is 3.78. The van der Waals surface area contributed by atoms with Gasteiger partial charge in [0.25, 0.3) is 0 Å². The summed E-state index contributed by atoms with van der Waals surface area (Å²) in [6.45, 7) is 7.92. The molecule has 4 nitrogen and oxygen atoms in total. The van der Waals surface area contributed by atoms with Crippen molar-refractivity contribution in [3.63, 3.8) is 0 Å². The van der Waals surface area contributed by atoms with Crippen LogP contribution in [0.4, 0.5) is 0 Å². The third-order valence-corrected chi connectivity index (χ3v) is 5.41. The van der Waals surface area contributed by atoms with Gasteiger partial charge in [0, 0.05) is 24.0 Å². The van der Waals surface area contributed by atoms with Crippen LogP contribution in [0.25, 0.3) is 16.7 Å². The molecule has 0 aliphatic carbocycles. The van der Waals surface area contributed by atoms with Crippen LogP contribution in [0.1, 0.15) is 17.5 Å². The quantitative estimate of drug-likeness (QED) is 0.511. The van der Waals surface area contributed by atoms with Crippen LogP contribution in [0, 0.1) is 0 Å². The van der Waals surface area contributed by atoms with E-state index in [4.69, 9.17) is 4.99 Å². The minimum Gasteiger partial charge on any atom is -0.508 e. The number of dihydropyridines is 1. The molecule has 1 aliphatic rings. The van der Waals surface area contributed by atoms with E-state index < -0.39 is 0 Å². The van der Waals surface area contributed by atoms with Crippen molar-refractivity contribution in [1.29, 1.82) is 0 Å². The molecule has 0 radical (unpaired) electrons. The molecule has 4 heteroatoms. The van der Waals surface area contributed by atoms with Gasteiger partial charge in [0.2, 0.25) is 0 Å². The topological polar surface area (TPSA) is 65.7 Å². The Bertz CT molecular complexity index is 1180. The van der Waals surface area contributed by atoms with E-state index in [2.05, 4.69) is 30.3 Å². The molecule has 1 atom stereocenters. The summed E-state index contributed by atoms with van der Waals surface area (Å²) in [5.41, 5.74) is 6.65. The zero-order valence-corrected chi connectivity index (χ0v) is 17.2. The first-order chi connectivity index (χ1) is 15.0. The molecule has 1 aliphatic heterocycles. The van der Waals surface area contributed by atoms with E-state index in [-0.39, 0.29) is 17.5 Å². The van der Waals surface area contributed by atoms with Gasteiger partial charge >= 0.3 is 0 Å². The standard InChI is InChI=1S/C27H24N2O2/c1-3-18(2)26-15-22(14-23(29-26)13-19-5-4-12-28-17-19)20-6-8-21(9-7-20)25-11-10-24(30)16-27(25)31/h3-12,15-17,23,30-31H,1-2,13-14H2. The SMILES string of the molecule is C=CC(=C)C1=NC(Cc2cccnc2)CC(c2ccc(-c3ccc(O)cc3O)cc2)=C1. The minimum atomic E-state index is 0.0409. The number of pyridine rings is 1. The molecule has 2 N–H and O–H groups in total. The summed E-state index contributed by atoms with van der Waals surface area (Å²) in [5, 5.41) is 19.7. The highest BCUT2D eigenvalue weighted by molar-refractivity contribution is 6.14. The normalized spacial score (nSPS) is 15.7. The lowest BCUT2D eigenvalue weighted by Crippen LogP contribution is -2.18. The first-order valence-electron chi connectivity index (χ1n) is 10.2. The average Bonchev–Trinajstić information content (AvgIpc) is 2.79. The van der Waals surface area contributed by atoms with Gasteiger partial charge in [-0.3, -0.25) is 9.98 Å². The molecule has 0 bridgehead atoms. The fourth-order valence-electron chi connectivity index (χ4n) is 3.78. The molecule has 2 heterocycles. The lowest BCUT2D eigenvalue weighted by atomic mass is 9.89. The van der Waals surface area contributed by atoms with Gasteiger partial charge in [0.1, 0.15) is 11.5 Å². The Hall–Kier alpha value is -3.92. The van der Waals surface area contributed by atoms with Gasteiger partial charge in [0.15, 0.2) is 0 Å². The Morgan fingerprint density at radius 3 is 2.52 bits per heavy atom. The number of phenols is 2. The van der Waals surface area contributed by atoms with E-state index in [0.717, 1.165) is 40.8 Å². The number of aromatic hydroxyl groups is 2. The van der Waals surface area contributed by atoms with E-state index in [9.17, 15) is 10.2 Å². The van der Waals surface area contributed by atoms with Crippen LogP contribution in [0.5, 0.6) is 11.5 Å². The highest BCUT2D eigenvalue weighted by Crippen LogP contribution is 2.34. The van der Waals surface area contributed by atoms with Gasteiger partial charge in [-0.25, -0.2) is 0 Å². The van der Waals surface area contributed by atoms with Gasteiger partial charge in [-0.05, 0) is 65.0 Å². The number of hydrogen-bond acceptors (Lipinski definition) is 4. The summed E-state index contributed by atoms with van der Waals surface area (Å²) in [6.07, 6.45) is 9.09. The van der Waals surface area contributed by atoms with E-state index >= 15 is 0 Å². The Balaban J connectivity index is 1.62. The molecule has 0 saturated carbocycles. The Kier molecular flexibility index (Phi) is 5.80. The first kappa shape index (κ1) is 20.4. The predicted molar refractivity (Wildman–Crippen MR) is 126 cm³/mol. The molecule has 0 fully saturated rings. The van der Waals surface area contributed by atoms with Crippen LogP contribution < -0.4 is 0 Å². The van der Waals surface area contributed by atoms with Gasteiger partial charge < -0.3 is 10.2 Å². The van der Waals surface area contributed by atoms with Crippen molar-refractivity contribution in [3.05, 3.63) is 109 Å². The highest BCUT2D eigenvalue weighted by Gasteiger charge is 2.19. The third-order valence-electron chi connectivity index (χ3n) is 5.41. The maximum absolute atomic E-state index is 10.1. The van der Waals surface area contributed by atoms with Crippen LogP contribution in [-0.2, 0) is 6.42 Å². The van der Waals surface area contributed by atoms with Crippen molar-refractivity contribution in [1.82, 2.24) is 4.98 Å². The second-order valence-electron chi connectivity index (χ2n) is 7.62. The van der Waals surface area contributed by atoms with E-state index in [1.54, 1.807) is 24.4 Å². The molecule has 1 aromatic heterocycles. The van der Waals surface area contributed by atoms with E-state index in [1.807, 2.05) is 36.5 Å². The van der Waals surface area contributed by atoms with Crippen molar-refractivity contribution >= 4 is 11.3 Å². The van der Waals surface area contributed by atoms with Gasteiger partial charge in [0.05, 0.1) is 11.8 Å². The molecule has 2 aromatic carbocycles. The van der Waals surface area contributed by atoms with Crippen molar-refractivity contribution < 1.29 is 10.2 Å². The minimum absolute atomic E-state index is 0.0409. The molecule has 4 rings (SSSR count). The Morgan fingerprint density at radius 2 is 1.84 bits per heavy atom. The van der Waals surface area contributed by atoms with Crippen molar-refractivity contribution in [2.24, 2.45) is 4.99 Å². The lowest BCUT2D eigenvalue weighted by molar-refractivity contribution is 0.452. The zero-order valence-electron chi connectivity index (χ0n) is 17.2. The van der Waals surface area contributed by atoms with Crippen LogP contribution in [0.3, 0.4) is 0 Å².